The minimum Gasteiger partial charge on any atom is -0.388 e. The predicted molar refractivity (Wildman–Crippen MR) is 58.3 cm³/mol. The van der Waals surface area contributed by atoms with Gasteiger partial charge in [0.1, 0.15) is 5.82 Å². The van der Waals surface area contributed by atoms with Crippen molar-refractivity contribution >= 4 is 11.6 Å². The molecule has 2 rings (SSSR count). The van der Waals surface area contributed by atoms with Crippen molar-refractivity contribution < 1.29 is 9.50 Å². The summed E-state index contributed by atoms with van der Waals surface area (Å²) >= 11 is 5.65. The molecule has 0 aromatic heterocycles. The number of halogens is 2. The highest BCUT2D eigenvalue weighted by molar-refractivity contribution is 6.30. The van der Waals surface area contributed by atoms with Crippen LogP contribution in [0.3, 0.4) is 0 Å². The van der Waals surface area contributed by atoms with E-state index in [4.69, 9.17) is 11.6 Å². The SMILES string of the molecule is OC(CCC1CC1)c1ccc(F)c(Cl)c1. The zero-order chi connectivity index (χ0) is 10.8. The predicted octanol–water partition coefficient (Wildman–Crippen LogP) is 3.70. The van der Waals surface area contributed by atoms with E-state index in [0.29, 0.717) is 5.56 Å². The van der Waals surface area contributed by atoms with E-state index in [2.05, 4.69) is 0 Å². The summed E-state index contributed by atoms with van der Waals surface area (Å²) in [4.78, 5) is 0. The van der Waals surface area contributed by atoms with Gasteiger partial charge in [-0.2, -0.15) is 0 Å². The summed E-state index contributed by atoms with van der Waals surface area (Å²) in [5.74, 6) is 0.366. The summed E-state index contributed by atoms with van der Waals surface area (Å²) in [7, 11) is 0. The van der Waals surface area contributed by atoms with Gasteiger partial charge in [0.15, 0.2) is 0 Å². The Balaban J connectivity index is 1.97. The van der Waals surface area contributed by atoms with E-state index in [-0.39, 0.29) is 5.02 Å². The minimum absolute atomic E-state index is 0.0815. The van der Waals surface area contributed by atoms with E-state index in [1.165, 1.54) is 25.0 Å². The molecule has 0 radical (unpaired) electrons. The molecule has 1 aliphatic rings. The van der Waals surface area contributed by atoms with E-state index >= 15 is 0 Å². The first kappa shape index (κ1) is 10.9. The van der Waals surface area contributed by atoms with Crippen LogP contribution in [0.15, 0.2) is 18.2 Å². The second kappa shape index (κ2) is 4.50. The van der Waals surface area contributed by atoms with Gasteiger partial charge in [-0.1, -0.05) is 30.5 Å². The van der Waals surface area contributed by atoms with Crippen molar-refractivity contribution in [1.29, 1.82) is 0 Å². The first-order valence-electron chi connectivity index (χ1n) is 5.30. The van der Waals surface area contributed by atoms with Crippen LogP contribution in [0.4, 0.5) is 4.39 Å². The maximum Gasteiger partial charge on any atom is 0.141 e. The molecule has 82 valence electrons. The topological polar surface area (TPSA) is 20.2 Å². The molecule has 0 amide bonds. The van der Waals surface area contributed by atoms with Crippen LogP contribution in [0.1, 0.15) is 37.4 Å². The van der Waals surface area contributed by atoms with Crippen molar-refractivity contribution in [2.24, 2.45) is 5.92 Å². The maximum atomic E-state index is 12.9. The first-order valence-corrected chi connectivity index (χ1v) is 5.67. The lowest BCUT2D eigenvalue weighted by atomic mass is 10.0. The fraction of sp³-hybridized carbons (Fsp3) is 0.500. The Labute approximate surface area is 93.9 Å². The minimum atomic E-state index is -0.510. The van der Waals surface area contributed by atoms with Gasteiger partial charge in [-0.05, 0) is 36.5 Å². The van der Waals surface area contributed by atoms with Crippen LogP contribution in [0.25, 0.3) is 0 Å². The second-order valence-electron chi connectivity index (χ2n) is 4.21. The van der Waals surface area contributed by atoms with Gasteiger partial charge in [0.05, 0.1) is 11.1 Å². The quantitative estimate of drug-likeness (QED) is 0.833. The van der Waals surface area contributed by atoms with Crippen LogP contribution in [0, 0.1) is 11.7 Å². The van der Waals surface area contributed by atoms with Gasteiger partial charge in [0.2, 0.25) is 0 Å². The average molecular weight is 229 g/mol. The Bertz CT molecular complexity index is 349. The third kappa shape index (κ3) is 2.93. The smallest absolute Gasteiger partial charge is 0.141 e. The number of benzene rings is 1. The van der Waals surface area contributed by atoms with Crippen LogP contribution in [0.2, 0.25) is 5.02 Å². The third-order valence-corrected chi connectivity index (χ3v) is 3.16. The first-order chi connectivity index (χ1) is 7.16. The lowest BCUT2D eigenvalue weighted by Crippen LogP contribution is -1.98. The maximum absolute atomic E-state index is 12.9. The van der Waals surface area contributed by atoms with E-state index in [1.54, 1.807) is 6.07 Å². The lowest BCUT2D eigenvalue weighted by Gasteiger charge is -2.10. The van der Waals surface area contributed by atoms with Gasteiger partial charge in [-0.3, -0.25) is 0 Å². The zero-order valence-corrected chi connectivity index (χ0v) is 9.17. The highest BCUT2D eigenvalue weighted by Gasteiger charge is 2.22. The van der Waals surface area contributed by atoms with Crippen molar-refractivity contribution in [3.63, 3.8) is 0 Å². The standard InChI is InChI=1S/C12H14ClFO/c13-10-7-9(4-5-11(10)14)12(15)6-3-8-1-2-8/h4-5,7-8,12,15H,1-3,6H2. The highest BCUT2D eigenvalue weighted by Crippen LogP contribution is 2.36. The molecule has 1 unspecified atom stereocenters. The van der Waals surface area contributed by atoms with Gasteiger partial charge in [0.25, 0.3) is 0 Å². The molecule has 0 aliphatic heterocycles. The van der Waals surface area contributed by atoms with Gasteiger partial charge < -0.3 is 5.11 Å². The van der Waals surface area contributed by atoms with Crippen LogP contribution in [-0.2, 0) is 0 Å². The molecule has 3 heteroatoms. The molecule has 1 aromatic carbocycles. The van der Waals surface area contributed by atoms with Gasteiger partial charge >= 0.3 is 0 Å². The molecule has 0 heterocycles. The van der Waals surface area contributed by atoms with Gasteiger partial charge in [0, 0.05) is 0 Å². The summed E-state index contributed by atoms with van der Waals surface area (Å²) in [5, 5.41) is 9.91. The Kier molecular flexibility index (Phi) is 3.27. The molecule has 0 spiro atoms. The molecule has 15 heavy (non-hydrogen) atoms. The van der Waals surface area contributed by atoms with Crippen LogP contribution >= 0.6 is 11.6 Å². The number of rotatable bonds is 4. The molecule has 1 saturated carbocycles. The third-order valence-electron chi connectivity index (χ3n) is 2.87. The highest BCUT2D eigenvalue weighted by atomic mass is 35.5. The summed E-state index contributed by atoms with van der Waals surface area (Å²) in [6, 6.07) is 4.41. The van der Waals surface area contributed by atoms with E-state index in [9.17, 15) is 9.50 Å². The van der Waals surface area contributed by atoms with E-state index in [1.807, 2.05) is 0 Å². The summed E-state index contributed by atoms with van der Waals surface area (Å²) in [6.07, 6.45) is 3.86. The van der Waals surface area contributed by atoms with Crippen molar-refractivity contribution in [2.75, 3.05) is 0 Å². The van der Waals surface area contributed by atoms with Gasteiger partial charge in [-0.15, -0.1) is 0 Å². The van der Waals surface area contributed by atoms with Crippen molar-refractivity contribution in [1.82, 2.24) is 0 Å². The lowest BCUT2D eigenvalue weighted by molar-refractivity contribution is 0.162. The van der Waals surface area contributed by atoms with Crippen LogP contribution in [0.5, 0.6) is 0 Å². The molecule has 1 atom stereocenters. The molecule has 1 fully saturated rings. The van der Waals surface area contributed by atoms with Crippen molar-refractivity contribution in [3.05, 3.63) is 34.6 Å². The summed E-state index contributed by atoms with van der Waals surface area (Å²) in [5.41, 5.74) is 0.710. The Morgan fingerprint density at radius 3 is 2.80 bits per heavy atom. The molecule has 1 nitrogen and oxygen atoms in total. The fourth-order valence-corrected chi connectivity index (χ4v) is 1.88. The normalized spacial score (nSPS) is 17.8. The van der Waals surface area contributed by atoms with E-state index in [0.717, 1.165) is 18.8 Å². The van der Waals surface area contributed by atoms with Crippen LogP contribution < -0.4 is 0 Å². The number of aliphatic hydroxyl groups excluding tert-OH is 1. The van der Waals surface area contributed by atoms with Crippen molar-refractivity contribution in [2.45, 2.75) is 31.8 Å². The molecular weight excluding hydrogens is 215 g/mol. The summed E-state index contributed by atoms with van der Waals surface area (Å²) in [6.45, 7) is 0. The Morgan fingerprint density at radius 2 is 2.20 bits per heavy atom. The Hall–Kier alpha value is -0.600. The number of hydrogen-bond acceptors (Lipinski definition) is 1. The molecule has 1 aromatic rings. The molecule has 0 saturated heterocycles. The molecule has 1 N–H and O–H groups in total. The fourth-order valence-electron chi connectivity index (χ4n) is 1.69. The van der Waals surface area contributed by atoms with E-state index < -0.39 is 11.9 Å². The van der Waals surface area contributed by atoms with Crippen molar-refractivity contribution in [3.8, 4) is 0 Å². The summed E-state index contributed by atoms with van der Waals surface area (Å²) < 4.78 is 12.9. The second-order valence-corrected chi connectivity index (χ2v) is 4.62. The van der Waals surface area contributed by atoms with Crippen LogP contribution in [-0.4, -0.2) is 5.11 Å². The molecular formula is C12H14ClFO. The average Bonchev–Trinajstić information content (AvgIpc) is 3.02. The molecule has 0 bridgehead atoms. The monoisotopic (exact) mass is 228 g/mol. The number of hydrogen-bond donors (Lipinski definition) is 1. The zero-order valence-electron chi connectivity index (χ0n) is 8.42. The largest absolute Gasteiger partial charge is 0.388 e. The molecule has 1 aliphatic carbocycles. The number of aliphatic hydroxyl groups is 1. The Morgan fingerprint density at radius 1 is 1.47 bits per heavy atom. The van der Waals surface area contributed by atoms with Gasteiger partial charge in [-0.25, -0.2) is 4.39 Å².